The number of benzene rings is 1. The maximum Gasteiger partial charge on any atom is 0.272 e. The molecule has 12 heavy (non-hydrogen) atoms. The smallest absolute Gasteiger partial charge is 0.258 e. The molecule has 0 unspecified atom stereocenters. The number of halogens is 3. The standard InChI is InChI=1S/C6H2Cl2INO2/c7-4-1-3(10(11)12)2-5(9)6(4)8/h1-2H. The Morgan fingerprint density at radius 2 is 2.00 bits per heavy atom. The van der Waals surface area contributed by atoms with Crippen molar-refractivity contribution in [1.82, 2.24) is 0 Å². The molecular formula is C6H2Cl2INO2. The molecular weight excluding hydrogens is 316 g/mol. The van der Waals surface area contributed by atoms with Crippen LogP contribution < -0.4 is 0 Å². The molecule has 0 aliphatic rings. The Hall–Kier alpha value is -0.0700. The first kappa shape index (κ1) is 10.0. The molecule has 0 N–H and O–H groups in total. The minimum atomic E-state index is -0.510. The zero-order valence-corrected chi connectivity index (χ0v) is 9.22. The molecule has 0 heterocycles. The molecule has 0 bridgehead atoms. The Balaban J connectivity index is 3.31. The van der Waals surface area contributed by atoms with Crippen LogP contribution in [0.2, 0.25) is 10.0 Å². The lowest BCUT2D eigenvalue weighted by atomic mass is 10.3. The largest absolute Gasteiger partial charge is 0.272 e. The van der Waals surface area contributed by atoms with Crippen LogP contribution in [0.1, 0.15) is 0 Å². The molecule has 0 atom stereocenters. The van der Waals surface area contributed by atoms with Crippen molar-refractivity contribution in [3.63, 3.8) is 0 Å². The molecule has 0 spiro atoms. The summed E-state index contributed by atoms with van der Waals surface area (Å²) in [7, 11) is 0. The van der Waals surface area contributed by atoms with Gasteiger partial charge >= 0.3 is 0 Å². The molecule has 1 aromatic carbocycles. The van der Waals surface area contributed by atoms with Gasteiger partial charge in [-0.05, 0) is 22.6 Å². The third-order valence-corrected chi connectivity index (χ3v) is 3.15. The summed E-state index contributed by atoms with van der Waals surface area (Å²) in [5, 5.41) is 10.9. The molecule has 0 saturated heterocycles. The van der Waals surface area contributed by atoms with Gasteiger partial charge in [-0.2, -0.15) is 0 Å². The molecule has 6 heteroatoms. The molecule has 0 aromatic heterocycles. The average Bonchev–Trinajstić information content (AvgIpc) is 1.99. The first-order valence-electron chi connectivity index (χ1n) is 2.81. The van der Waals surface area contributed by atoms with Crippen molar-refractivity contribution < 1.29 is 4.92 Å². The Bertz CT molecular complexity index is 319. The highest BCUT2D eigenvalue weighted by molar-refractivity contribution is 14.1. The van der Waals surface area contributed by atoms with Crippen molar-refractivity contribution in [2.75, 3.05) is 0 Å². The summed E-state index contributed by atoms with van der Waals surface area (Å²) in [6, 6.07) is 2.60. The minimum absolute atomic E-state index is 0.0474. The van der Waals surface area contributed by atoms with Crippen molar-refractivity contribution in [3.05, 3.63) is 35.9 Å². The summed E-state index contributed by atoms with van der Waals surface area (Å²) in [6.45, 7) is 0. The van der Waals surface area contributed by atoms with E-state index in [0.717, 1.165) is 0 Å². The van der Waals surface area contributed by atoms with Gasteiger partial charge in [0.2, 0.25) is 0 Å². The highest BCUT2D eigenvalue weighted by Gasteiger charge is 2.11. The van der Waals surface area contributed by atoms with E-state index < -0.39 is 4.92 Å². The predicted molar refractivity (Wildman–Crippen MR) is 55.8 cm³/mol. The van der Waals surface area contributed by atoms with E-state index in [1.165, 1.54) is 12.1 Å². The Morgan fingerprint density at radius 1 is 1.42 bits per heavy atom. The number of nitro groups is 1. The maximum atomic E-state index is 10.3. The van der Waals surface area contributed by atoms with E-state index in [1.54, 1.807) is 0 Å². The van der Waals surface area contributed by atoms with Crippen molar-refractivity contribution in [3.8, 4) is 0 Å². The Labute approximate surface area is 92.0 Å². The third kappa shape index (κ3) is 1.99. The van der Waals surface area contributed by atoms with Crippen molar-refractivity contribution in [1.29, 1.82) is 0 Å². The fourth-order valence-corrected chi connectivity index (χ4v) is 1.74. The third-order valence-electron chi connectivity index (χ3n) is 1.18. The second-order valence-electron chi connectivity index (χ2n) is 1.98. The summed E-state index contributed by atoms with van der Waals surface area (Å²) in [6.07, 6.45) is 0. The van der Waals surface area contributed by atoms with Gasteiger partial charge in [0.05, 0.1) is 15.0 Å². The van der Waals surface area contributed by atoms with Gasteiger partial charge in [-0.1, -0.05) is 23.2 Å². The van der Waals surface area contributed by atoms with E-state index in [0.29, 0.717) is 8.59 Å². The summed E-state index contributed by atoms with van der Waals surface area (Å²) < 4.78 is 0.577. The number of hydrogen-bond donors (Lipinski definition) is 0. The maximum absolute atomic E-state index is 10.3. The van der Waals surface area contributed by atoms with Gasteiger partial charge in [0.15, 0.2) is 0 Å². The number of hydrogen-bond acceptors (Lipinski definition) is 2. The topological polar surface area (TPSA) is 43.1 Å². The quantitative estimate of drug-likeness (QED) is 0.344. The van der Waals surface area contributed by atoms with Crippen LogP contribution in [0.3, 0.4) is 0 Å². The highest BCUT2D eigenvalue weighted by Crippen LogP contribution is 2.31. The Kier molecular flexibility index (Phi) is 3.14. The van der Waals surface area contributed by atoms with E-state index in [2.05, 4.69) is 0 Å². The van der Waals surface area contributed by atoms with E-state index in [-0.39, 0.29) is 10.7 Å². The van der Waals surface area contributed by atoms with Crippen molar-refractivity contribution in [2.24, 2.45) is 0 Å². The SMILES string of the molecule is O=[N+]([O-])c1cc(Cl)c(Cl)c(I)c1. The minimum Gasteiger partial charge on any atom is -0.258 e. The second-order valence-corrected chi connectivity index (χ2v) is 3.93. The van der Waals surface area contributed by atoms with Crippen LogP contribution in [0.4, 0.5) is 5.69 Å². The van der Waals surface area contributed by atoms with Gasteiger partial charge in [0, 0.05) is 15.7 Å². The lowest BCUT2D eigenvalue weighted by Gasteiger charge is -1.98. The normalized spacial score (nSPS) is 9.92. The number of rotatable bonds is 1. The van der Waals surface area contributed by atoms with Gasteiger partial charge in [-0.15, -0.1) is 0 Å². The first-order valence-corrected chi connectivity index (χ1v) is 4.65. The summed E-state index contributed by atoms with van der Waals surface area (Å²) in [5.41, 5.74) is -0.0474. The van der Waals surface area contributed by atoms with E-state index >= 15 is 0 Å². The van der Waals surface area contributed by atoms with E-state index in [1.807, 2.05) is 22.6 Å². The average molecular weight is 318 g/mol. The number of non-ortho nitro benzene ring substituents is 1. The zero-order valence-electron chi connectivity index (χ0n) is 5.55. The molecule has 0 saturated carbocycles. The number of nitro benzene ring substituents is 1. The van der Waals surface area contributed by atoms with E-state index in [9.17, 15) is 10.1 Å². The summed E-state index contributed by atoms with van der Waals surface area (Å²) in [5.74, 6) is 0. The van der Waals surface area contributed by atoms with Gasteiger partial charge in [0.25, 0.3) is 5.69 Å². The molecule has 1 rings (SSSR count). The molecule has 3 nitrogen and oxygen atoms in total. The van der Waals surface area contributed by atoms with Crippen LogP contribution in [-0.4, -0.2) is 4.92 Å². The number of nitrogens with zero attached hydrogens (tertiary/aromatic N) is 1. The monoisotopic (exact) mass is 317 g/mol. The van der Waals surface area contributed by atoms with E-state index in [4.69, 9.17) is 23.2 Å². The molecule has 0 fully saturated rings. The van der Waals surface area contributed by atoms with Gasteiger partial charge < -0.3 is 0 Å². The zero-order chi connectivity index (χ0) is 9.30. The summed E-state index contributed by atoms with van der Waals surface area (Å²) in [4.78, 5) is 9.81. The fourth-order valence-electron chi connectivity index (χ4n) is 0.648. The summed E-state index contributed by atoms with van der Waals surface area (Å²) >= 11 is 13.2. The van der Waals surface area contributed by atoms with Gasteiger partial charge in [-0.25, -0.2) is 0 Å². The van der Waals surface area contributed by atoms with Crippen LogP contribution in [0.15, 0.2) is 12.1 Å². The van der Waals surface area contributed by atoms with Crippen molar-refractivity contribution in [2.45, 2.75) is 0 Å². The molecule has 64 valence electrons. The van der Waals surface area contributed by atoms with Crippen LogP contribution in [0.5, 0.6) is 0 Å². The molecule has 0 aliphatic carbocycles. The lowest BCUT2D eigenvalue weighted by Crippen LogP contribution is -1.89. The highest BCUT2D eigenvalue weighted by atomic mass is 127. The fraction of sp³-hybridized carbons (Fsp3) is 0. The molecule has 0 aliphatic heterocycles. The van der Waals surface area contributed by atoms with Crippen LogP contribution in [0.25, 0.3) is 0 Å². The van der Waals surface area contributed by atoms with Crippen molar-refractivity contribution >= 4 is 51.5 Å². The second kappa shape index (κ2) is 3.76. The first-order chi connectivity index (χ1) is 5.52. The molecule has 0 amide bonds. The lowest BCUT2D eigenvalue weighted by molar-refractivity contribution is -0.384. The van der Waals surface area contributed by atoms with Crippen LogP contribution >= 0.6 is 45.8 Å². The van der Waals surface area contributed by atoms with Gasteiger partial charge in [0.1, 0.15) is 0 Å². The molecule has 1 aromatic rings. The van der Waals surface area contributed by atoms with Gasteiger partial charge in [-0.3, -0.25) is 10.1 Å². The van der Waals surface area contributed by atoms with Crippen LogP contribution in [0, 0.1) is 13.7 Å². The Morgan fingerprint density at radius 3 is 2.42 bits per heavy atom. The van der Waals surface area contributed by atoms with Crippen LogP contribution in [-0.2, 0) is 0 Å². The predicted octanol–water partition coefficient (Wildman–Crippen LogP) is 3.51. The molecule has 0 radical (unpaired) electrons.